The van der Waals surface area contributed by atoms with Gasteiger partial charge < -0.3 is 9.47 Å². The Morgan fingerprint density at radius 1 is 1.11 bits per heavy atom. The highest BCUT2D eigenvalue weighted by Crippen LogP contribution is 2.45. The largest absolute Gasteiger partial charge is 0.456 e. The van der Waals surface area contributed by atoms with E-state index in [0.717, 1.165) is 31.2 Å². The van der Waals surface area contributed by atoms with E-state index in [0.29, 0.717) is 17.1 Å². The van der Waals surface area contributed by atoms with Gasteiger partial charge in [0.05, 0.1) is 6.04 Å². The van der Waals surface area contributed by atoms with Gasteiger partial charge in [0, 0.05) is 0 Å². The number of carbonyl (C=O) groups excluding carboxylic acids is 2. The number of quaternary nitrogens is 1. The monoisotopic (exact) mass is 388 g/mol. The zero-order chi connectivity index (χ0) is 20.4. The topological polar surface area (TPSA) is 52.6 Å². The maximum Gasteiger partial charge on any atom is 0.371 e. The minimum absolute atomic E-state index is 0.180. The molecule has 1 aliphatic heterocycles. The second-order valence-electron chi connectivity index (χ2n) is 9.29. The van der Waals surface area contributed by atoms with E-state index in [9.17, 15) is 9.59 Å². The van der Waals surface area contributed by atoms with Crippen molar-refractivity contribution in [2.75, 3.05) is 6.54 Å². The van der Waals surface area contributed by atoms with Crippen molar-refractivity contribution in [3.8, 4) is 0 Å². The third-order valence-electron chi connectivity index (χ3n) is 6.16. The van der Waals surface area contributed by atoms with E-state index in [1.54, 1.807) is 0 Å². The molecule has 0 amide bonds. The first-order valence-electron chi connectivity index (χ1n) is 10.5. The van der Waals surface area contributed by atoms with Crippen LogP contribution in [0.15, 0.2) is 30.3 Å². The van der Waals surface area contributed by atoms with Crippen molar-refractivity contribution in [3.05, 3.63) is 35.9 Å². The number of esters is 2. The number of carbonyl (C=O) groups is 2. The van der Waals surface area contributed by atoms with Crippen molar-refractivity contribution in [2.24, 2.45) is 0 Å². The van der Waals surface area contributed by atoms with Crippen LogP contribution in [0.2, 0.25) is 0 Å². The lowest BCUT2D eigenvalue weighted by Crippen LogP contribution is -2.53. The summed E-state index contributed by atoms with van der Waals surface area (Å²) in [6.45, 7) is 8.54. The number of hydrogen-bond acceptors (Lipinski definition) is 4. The van der Waals surface area contributed by atoms with Crippen molar-refractivity contribution in [1.82, 2.24) is 0 Å². The van der Waals surface area contributed by atoms with Gasteiger partial charge in [-0.15, -0.1) is 0 Å². The van der Waals surface area contributed by atoms with Gasteiger partial charge in [-0.3, -0.25) is 4.48 Å². The number of nitrogens with zero attached hydrogens (tertiary/aromatic N) is 1. The van der Waals surface area contributed by atoms with Gasteiger partial charge in [-0.2, -0.15) is 0 Å². The summed E-state index contributed by atoms with van der Waals surface area (Å²) in [5.74, 6) is -0.402. The Bertz CT molecular complexity index is 690. The molecule has 1 aliphatic carbocycles. The zero-order valence-corrected chi connectivity index (χ0v) is 17.6. The summed E-state index contributed by atoms with van der Waals surface area (Å²) in [4.78, 5) is 25.7. The van der Waals surface area contributed by atoms with Crippen LogP contribution >= 0.6 is 0 Å². The van der Waals surface area contributed by atoms with Crippen LogP contribution in [0.25, 0.3) is 0 Å². The third kappa shape index (κ3) is 4.57. The molecule has 5 heteroatoms. The Morgan fingerprint density at radius 2 is 1.75 bits per heavy atom. The maximum atomic E-state index is 12.9. The normalized spacial score (nSPS) is 26.4. The summed E-state index contributed by atoms with van der Waals surface area (Å²) in [6, 6.07) is 9.45. The van der Waals surface area contributed by atoms with E-state index in [-0.39, 0.29) is 30.6 Å². The molecule has 2 aliphatic rings. The first kappa shape index (κ1) is 20.8. The molecule has 5 nitrogen and oxygen atoms in total. The standard InChI is InChI=1S/C23H34NO4/c1-17(21(25)27-16-18-11-7-5-8-12-18)24(19-13-9-6-10-14-19)15-20(24)22(26)28-23(2,3)4/h5,7-8,11-12,17,19-20H,6,9-10,13-16H2,1-4H3/q+1/t17-,20?,24?/m0/s1. The molecule has 3 atom stereocenters. The van der Waals surface area contributed by atoms with Gasteiger partial charge in [0.15, 0.2) is 6.04 Å². The van der Waals surface area contributed by atoms with E-state index < -0.39 is 5.60 Å². The van der Waals surface area contributed by atoms with Crippen LogP contribution < -0.4 is 0 Å². The predicted octanol–water partition coefficient (Wildman–Crippen LogP) is 3.99. The maximum absolute atomic E-state index is 12.9. The molecule has 0 spiro atoms. The van der Waals surface area contributed by atoms with Crippen LogP contribution in [-0.2, 0) is 25.7 Å². The van der Waals surface area contributed by atoms with Gasteiger partial charge in [-0.1, -0.05) is 36.8 Å². The summed E-state index contributed by atoms with van der Waals surface area (Å²) in [7, 11) is 0. The fourth-order valence-electron chi connectivity index (χ4n) is 4.65. The summed E-state index contributed by atoms with van der Waals surface area (Å²) < 4.78 is 11.8. The summed E-state index contributed by atoms with van der Waals surface area (Å²) in [5.41, 5.74) is 0.459. The molecule has 1 heterocycles. The van der Waals surface area contributed by atoms with Crippen LogP contribution in [0.3, 0.4) is 0 Å². The summed E-state index contributed by atoms with van der Waals surface area (Å²) >= 11 is 0. The fraction of sp³-hybridized carbons (Fsp3) is 0.652. The van der Waals surface area contributed by atoms with E-state index in [1.807, 2.05) is 58.0 Å². The van der Waals surface area contributed by atoms with E-state index in [2.05, 4.69) is 0 Å². The fourth-order valence-corrected chi connectivity index (χ4v) is 4.65. The molecule has 0 aromatic heterocycles. The SMILES string of the molecule is C[C@@H](C(=O)OCc1ccccc1)[N+]1(C2CCCCC2)CC1C(=O)OC(C)(C)C. The van der Waals surface area contributed by atoms with Gasteiger partial charge in [0.2, 0.25) is 6.04 Å². The van der Waals surface area contributed by atoms with Gasteiger partial charge in [-0.05, 0) is 58.9 Å². The molecule has 28 heavy (non-hydrogen) atoms. The number of hydrogen-bond donors (Lipinski definition) is 0. The number of ether oxygens (including phenoxy) is 2. The van der Waals surface area contributed by atoms with Crippen molar-refractivity contribution in [1.29, 1.82) is 0 Å². The molecule has 0 N–H and O–H groups in total. The third-order valence-corrected chi connectivity index (χ3v) is 6.16. The van der Waals surface area contributed by atoms with Gasteiger partial charge in [-0.25, -0.2) is 9.59 Å². The highest BCUT2D eigenvalue weighted by molar-refractivity contribution is 5.80. The lowest BCUT2D eigenvalue weighted by atomic mass is 9.93. The predicted molar refractivity (Wildman–Crippen MR) is 107 cm³/mol. The van der Waals surface area contributed by atoms with Crippen LogP contribution in [0.1, 0.15) is 65.4 Å². The average Bonchev–Trinajstić information content (AvgIpc) is 3.43. The summed E-state index contributed by atoms with van der Waals surface area (Å²) in [5, 5.41) is 0. The minimum atomic E-state index is -0.515. The van der Waals surface area contributed by atoms with Gasteiger partial charge in [0.25, 0.3) is 0 Å². The Balaban J connectivity index is 1.72. The van der Waals surface area contributed by atoms with Gasteiger partial charge in [0.1, 0.15) is 18.8 Å². The van der Waals surface area contributed by atoms with E-state index in [4.69, 9.17) is 9.47 Å². The molecule has 1 saturated heterocycles. The summed E-state index contributed by atoms with van der Waals surface area (Å²) in [6.07, 6.45) is 5.70. The Labute approximate surface area is 168 Å². The average molecular weight is 389 g/mol. The number of rotatable bonds is 6. The molecule has 1 aromatic rings. The van der Waals surface area contributed by atoms with Crippen LogP contribution in [0.4, 0.5) is 0 Å². The molecular formula is C23H34NO4+. The molecule has 2 fully saturated rings. The van der Waals surface area contributed by atoms with E-state index >= 15 is 0 Å². The Kier molecular flexibility index (Phi) is 6.13. The molecule has 3 rings (SSSR count). The Hall–Kier alpha value is -1.88. The molecule has 1 saturated carbocycles. The molecule has 1 aromatic carbocycles. The lowest BCUT2D eigenvalue weighted by molar-refractivity contribution is -0.853. The highest BCUT2D eigenvalue weighted by atomic mass is 16.6. The number of benzene rings is 1. The molecule has 2 unspecified atom stereocenters. The lowest BCUT2D eigenvalue weighted by Gasteiger charge is -2.36. The van der Waals surface area contributed by atoms with Gasteiger partial charge >= 0.3 is 11.9 Å². The van der Waals surface area contributed by atoms with Crippen LogP contribution in [0.5, 0.6) is 0 Å². The van der Waals surface area contributed by atoms with Crippen LogP contribution in [-0.4, -0.2) is 46.7 Å². The van der Waals surface area contributed by atoms with Crippen molar-refractivity contribution < 1.29 is 23.5 Å². The molecular weight excluding hydrogens is 354 g/mol. The zero-order valence-electron chi connectivity index (χ0n) is 17.6. The van der Waals surface area contributed by atoms with Crippen molar-refractivity contribution in [2.45, 2.75) is 90.1 Å². The van der Waals surface area contributed by atoms with E-state index in [1.165, 1.54) is 6.42 Å². The second-order valence-corrected chi connectivity index (χ2v) is 9.29. The first-order chi connectivity index (χ1) is 13.2. The minimum Gasteiger partial charge on any atom is -0.456 e. The molecule has 154 valence electrons. The molecule has 0 radical (unpaired) electrons. The first-order valence-corrected chi connectivity index (χ1v) is 10.5. The van der Waals surface area contributed by atoms with Crippen LogP contribution in [0, 0.1) is 0 Å². The Morgan fingerprint density at radius 3 is 2.36 bits per heavy atom. The quantitative estimate of drug-likeness (QED) is 0.420. The highest BCUT2D eigenvalue weighted by Gasteiger charge is 2.69. The van der Waals surface area contributed by atoms with Crippen molar-refractivity contribution >= 4 is 11.9 Å². The second kappa shape index (κ2) is 8.24. The van der Waals surface area contributed by atoms with Crippen molar-refractivity contribution in [3.63, 3.8) is 0 Å². The molecule has 0 bridgehead atoms. The smallest absolute Gasteiger partial charge is 0.371 e.